The van der Waals surface area contributed by atoms with Crippen molar-refractivity contribution in [2.45, 2.75) is 25.3 Å². The van der Waals surface area contributed by atoms with Crippen LogP contribution in [0.4, 0.5) is 5.82 Å². The van der Waals surface area contributed by atoms with Gasteiger partial charge >= 0.3 is 0 Å². The third kappa shape index (κ3) is 6.30. The summed E-state index contributed by atoms with van der Waals surface area (Å²) in [6, 6.07) is 11.8. The van der Waals surface area contributed by atoms with Crippen LogP contribution in [-0.4, -0.2) is 30.4 Å². The maximum atomic E-state index is 5.72. The molecule has 0 saturated heterocycles. The summed E-state index contributed by atoms with van der Waals surface area (Å²) in [5, 5.41) is 0.759. The first kappa shape index (κ1) is 22.5. The summed E-state index contributed by atoms with van der Waals surface area (Å²) in [6.07, 6.45) is 3.49. The maximum absolute atomic E-state index is 5.72. The lowest BCUT2D eigenvalue weighted by atomic mass is 10.2. The second kappa shape index (κ2) is 12.0. The third-order valence-corrected chi connectivity index (χ3v) is 4.31. The van der Waals surface area contributed by atoms with Gasteiger partial charge in [0, 0.05) is 22.9 Å². The Kier molecular flexibility index (Phi) is 10.00. The number of aromatic nitrogens is 2. The van der Waals surface area contributed by atoms with E-state index in [0.29, 0.717) is 23.9 Å². The summed E-state index contributed by atoms with van der Waals surface area (Å²) in [4.78, 5) is 9.30. The van der Waals surface area contributed by atoms with Gasteiger partial charge in [-0.05, 0) is 30.0 Å². The second-order valence-corrected chi connectivity index (χ2v) is 5.92. The summed E-state index contributed by atoms with van der Waals surface area (Å²) in [6.45, 7) is 4.63. The van der Waals surface area contributed by atoms with Crippen LogP contribution in [0, 0.1) is 0 Å². The summed E-state index contributed by atoms with van der Waals surface area (Å²) >= 11 is 1.75. The molecule has 0 bridgehead atoms. The van der Waals surface area contributed by atoms with Gasteiger partial charge in [-0.1, -0.05) is 26.0 Å². The third-order valence-electron chi connectivity index (χ3n) is 3.57. The van der Waals surface area contributed by atoms with Crippen molar-refractivity contribution in [1.29, 1.82) is 0 Å². The van der Waals surface area contributed by atoms with Gasteiger partial charge in [0.1, 0.15) is 12.1 Å². The quantitative estimate of drug-likeness (QED) is 0.649. The van der Waals surface area contributed by atoms with Gasteiger partial charge in [0.15, 0.2) is 11.5 Å². The minimum absolute atomic E-state index is 0.431. The Morgan fingerprint density at radius 3 is 2.07 bits per heavy atom. The molecule has 0 atom stereocenters. The molecular weight excluding hydrogens is 360 g/mol. The molecule has 0 aliphatic rings. The van der Waals surface area contributed by atoms with Gasteiger partial charge in [-0.2, -0.15) is 0 Å². The number of rotatable bonds is 4. The molecule has 2 aromatic carbocycles. The van der Waals surface area contributed by atoms with Gasteiger partial charge in [-0.3, -0.25) is 0 Å². The molecule has 0 aliphatic heterocycles. The fourth-order valence-corrected chi connectivity index (χ4v) is 2.57. The number of nitrogens with zero attached hydrogens (tertiary/aromatic N) is 2. The molecule has 27 heavy (non-hydrogen) atoms. The first-order chi connectivity index (χ1) is 13.1. The molecule has 1 aromatic heterocycles. The van der Waals surface area contributed by atoms with Crippen LogP contribution in [0.25, 0.3) is 10.9 Å². The van der Waals surface area contributed by atoms with E-state index in [1.54, 1.807) is 38.1 Å². The van der Waals surface area contributed by atoms with Crippen molar-refractivity contribution in [3.8, 4) is 11.5 Å². The number of ether oxygens (including phenoxy) is 2. The second-order valence-electron chi connectivity index (χ2n) is 5.04. The maximum Gasteiger partial charge on any atom is 0.162 e. The number of fused-ring (bicyclic) bond motifs is 1. The molecule has 3 rings (SSSR count). The van der Waals surface area contributed by atoms with Crippen LogP contribution < -0.4 is 20.9 Å². The smallest absolute Gasteiger partial charge is 0.162 e. The minimum Gasteiger partial charge on any atom is -0.493 e. The first-order valence-corrected chi connectivity index (χ1v) is 9.80. The van der Waals surface area contributed by atoms with E-state index in [-0.39, 0.29) is 0 Å². The van der Waals surface area contributed by atoms with Crippen molar-refractivity contribution < 1.29 is 9.47 Å². The molecule has 0 amide bonds. The van der Waals surface area contributed by atoms with Crippen LogP contribution in [0.1, 0.15) is 19.4 Å². The number of benzene rings is 2. The number of nitrogens with two attached hydrogens (primary N) is 2. The summed E-state index contributed by atoms with van der Waals surface area (Å²) < 4.78 is 10.3. The van der Waals surface area contributed by atoms with E-state index in [9.17, 15) is 0 Å². The molecule has 0 fully saturated rings. The molecule has 0 aliphatic carbocycles. The van der Waals surface area contributed by atoms with Gasteiger partial charge in [0.05, 0.1) is 19.7 Å². The van der Waals surface area contributed by atoms with E-state index < -0.39 is 0 Å². The van der Waals surface area contributed by atoms with Crippen molar-refractivity contribution in [2.75, 3.05) is 26.2 Å². The van der Waals surface area contributed by atoms with Gasteiger partial charge < -0.3 is 20.9 Å². The molecule has 1 heterocycles. The lowest BCUT2D eigenvalue weighted by molar-refractivity contribution is 0.356. The van der Waals surface area contributed by atoms with Crippen LogP contribution in [-0.2, 0) is 6.54 Å². The normalized spacial score (nSPS) is 9.56. The highest BCUT2D eigenvalue weighted by Gasteiger charge is 2.08. The Balaban J connectivity index is 0.000000265. The van der Waals surface area contributed by atoms with Crippen molar-refractivity contribution in [3.63, 3.8) is 0 Å². The Morgan fingerprint density at radius 2 is 1.56 bits per heavy atom. The number of nitrogen functional groups attached to an aromatic ring is 1. The van der Waals surface area contributed by atoms with E-state index in [1.807, 2.05) is 13.8 Å². The molecule has 3 aromatic rings. The Hall–Kier alpha value is -2.51. The predicted octanol–water partition coefficient (Wildman–Crippen LogP) is 4.12. The van der Waals surface area contributed by atoms with Crippen molar-refractivity contribution >= 4 is 28.5 Å². The summed E-state index contributed by atoms with van der Waals surface area (Å²) in [7, 11) is 3.15. The van der Waals surface area contributed by atoms with Crippen LogP contribution in [0.15, 0.2) is 47.6 Å². The standard InChI is InChI=1S/C10H11N3O2.C8H11NS.C2H6/c1-14-8-3-6-7(4-9(8)15-2)12-5-13-10(6)11;1-10-8-4-2-7(6-9)3-5-8;1-2/h3-5H,1-2H3,(H2,11,12,13);2-5H,6,9H2,1H3;1-2H3. The lowest BCUT2D eigenvalue weighted by Gasteiger charge is -2.08. The fourth-order valence-electron chi connectivity index (χ4n) is 2.16. The molecule has 0 radical (unpaired) electrons. The van der Waals surface area contributed by atoms with Gasteiger partial charge in [0.25, 0.3) is 0 Å². The topological polar surface area (TPSA) is 96.3 Å². The Morgan fingerprint density at radius 1 is 0.963 bits per heavy atom. The van der Waals surface area contributed by atoms with Crippen LogP contribution in [0.2, 0.25) is 0 Å². The first-order valence-electron chi connectivity index (χ1n) is 8.58. The highest BCUT2D eigenvalue weighted by molar-refractivity contribution is 7.98. The van der Waals surface area contributed by atoms with E-state index in [2.05, 4.69) is 40.5 Å². The van der Waals surface area contributed by atoms with Crippen LogP contribution in [0.3, 0.4) is 0 Å². The zero-order valence-electron chi connectivity index (χ0n) is 16.5. The molecule has 0 unspecified atom stereocenters. The molecule has 4 N–H and O–H groups in total. The highest BCUT2D eigenvalue weighted by Crippen LogP contribution is 2.32. The largest absolute Gasteiger partial charge is 0.493 e. The molecule has 0 saturated carbocycles. The SMILES string of the molecule is CC.COc1cc2ncnc(N)c2cc1OC.CSc1ccc(CN)cc1. The number of hydrogen-bond donors (Lipinski definition) is 2. The predicted molar refractivity (Wildman–Crippen MR) is 115 cm³/mol. The number of thioether (sulfide) groups is 1. The Labute approximate surface area is 165 Å². The lowest BCUT2D eigenvalue weighted by Crippen LogP contribution is -1.96. The molecule has 0 spiro atoms. The summed E-state index contributed by atoms with van der Waals surface area (Å²) in [5.41, 5.74) is 13.1. The molecule has 146 valence electrons. The van der Waals surface area contributed by atoms with Gasteiger partial charge in [-0.25, -0.2) is 9.97 Å². The van der Waals surface area contributed by atoms with E-state index >= 15 is 0 Å². The minimum atomic E-state index is 0.431. The summed E-state index contributed by atoms with van der Waals surface area (Å²) in [5.74, 6) is 1.68. The van der Waals surface area contributed by atoms with Gasteiger partial charge in [0.2, 0.25) is 0 Å². The van der Waals surface area contributed by atoms with Crippen molar-refractivity contribution in [1.82, 2.24) is 9.97 Å². The van der Waals surface area contributed by atoms with E-state index in [0.717, 1.165) is 10.9 Å². The van der Waals surface area contributed by atoms with E-state index in [1.165, 1.54) is 16.8 Å². The zero-order chi connectivity index (χ0) is 20.2. The number of hydrogen-bond acceptors (Lipinski definition) is 7. The monoisotopic (exact) mass is 388 g/mol. The Bertz CT molecular complexity index is 803. The van der Waals surface area contributed by atoms with Crippen molar-refractivity contribution in [3.05, 3.63) is 48.3 Å². The number of methoxy groups -OCH3 is 2. The molecule has 7 heteroatoms. The van der Waals surface area contributed by atoms with Crippen LogP contribution >= 0.6 is 11.8 Å². The average Bonchev–Trinajstić information content (AvgIpc) is 2.75. The van der Waals surface area contributed by atoms with E-state index in [4.69, 9.17) is 20.9 Å². The highest BCUT2D eigenvalue weighted by atomic mass is 32.2. The molecular formula is C20H28N4O2S. The fraction of sp³-hybridized carbons (Fsp3) is 0.300. The number of anilines is 1. The van der Waals surface area contributed by atoms with Gasteiger partial charge in [-0.15, -0.1) is 11.8 Å². The average molecular weight is 389 g/mol. The zero-order valence-corrected chi connectivity index (χ0v) is 17.3. The van der Waals surface area contributed by atoms with Crippen molar-refractivity contribution in [2.24, 2.45) is 5.73 Å². The van der Waals surface area contributed by atoms with Crippen LogP contribution in [0.5, 0.6) is 11.5 Å². The molecule has 6 nitrogen and oxygen atoms in total.